The van der Waals surface area contributed by atoms with E-state index in [0.29, 0.717) is 13.0 Å². The van der Waals surface area contributed by atoms with Crippen LogP contribution in [0.4, 0.5) is 0 Å². The third kappa shape index (κ3) is 8.14. The molecule has 0 aromatic heterocycles. The van der Waals surface area contributed by atoms with Crippen LogP contribution in [0.3, 0.4) is 0 Å². The monoisotopic (exact) mass is 582 g/mol. The van der Waals surface area contributed by atoms with Crippen molar-refractivity contribution in [2.24, 2.45) is 0 Å². The Morgan fingerprint density at radius 2 is 1.23 bits per heavy atom. The van der Waals surface area contributed by atoms with Crippen LogP contribution < -0.4 is 5.32 Å². The largest absolute Gasteiger partial charge is 0.352 e. The van der Waals surface area contributed by atoms with Crippen molar-refractivity contribution < 1.29 is 9.59 Å². The second-order valence-corrected chi connectivity index (χ2v) is 11.0. The van der Waals surface area contributed by atoms with E-state index in [1.807, 2.05) is 105 Å². The van der Waals surface area contributed by atoms with Gasteiger partial charge in [-0.25, -0.2) is 0 Å². The molecule has 2 amide bonds. The molecule has 4 nitrogen and oxygen atoms in total. The molecule has 0 radical (unpaired) electrons. The molecule has 0 heterocycles. The van der Waals surface area contributed by atoms with Crippen molar-refractivity contribution in [3.8, 4) is 0 Å². The summed E-state index contributed by atoms with van der Waals surface area (Å²) < 4.78 is 0.968. The molecule has 0 aliphatic carbocycles. The third-order valence-electron chi connectivity index (χ3n) is 6.75. The molecule has 0 bridgehead atoms. The van der Waals surface area contributed by atoms with Gasteiger partial charge in [0.05, 0.1) is 0 Å². The van der Waals surface area contributed by atoms with Gasteiger partial charge in [-0.3, -0.25) is 9.59 Å². The third-order valence-corrected chi connectivity index (χ3v) is 7.28. The quantitative estimate of drug-likeness (QED) is 0.204. The first-order chi connectivity index (χ1) is 18.9. The number of amides is 2. The molecule has 39 heavy (non-hydrogen) atoms. The Kier molecular flexibility index (Phi) is 10.1. The fourth-order valence-electron chi connectivity index (χ4n) is 4.81. The van der Waals surface area contributed by atoms with E-state index in [1.54, 1.807) is 4.90 Å². The fraction of sp³-hybridized carbons (Fsp3) is 0.235. The van der Waals surface area contributed by atoms with E-state index in [4.69, 9.17) is 0 Å². The summed E-state index contributed by atoms with van der Waals surface area (Å²) in [4.78, 5) is 29.8. The normalized spacial score (nSPS) is 11.8. The Morgan fingerprint density at radius 3 is 1.74 bits per heavy atom. The number of carbonyl (C=O) groups excluding carboxylic acids is 2. The molecule has 0 saturated heterocycles. The number of carbonyl (C=O) groups is 2. The predicted molar refractivity (Wildman–Crippen MR) is 161 cm³/mol. The zero-order valence-electron chi connectivity index (χ0n) is 22.5. The van der Waals surface area contributed by atoms with Gasteiger partial charge in [0.25, 0.3) is 0 Å². The molecule has 4 aromatic rings. The van der Waals surface area contributed by atoms with Crippen LogP contribution in [-0.4, -0.2) is 28.8 Å². The summed E-state index contributed by atoms with van der Waals surface area (Å²) in [5, 5.41) is 3.07. The molecular weight excluding hydrogens is 548 g/mol. The Hall–Kier alpha value is -3.70. The van der Waals surface area contributed by atoms with Crippen molar-refractivity contribution in [1.29, 1.82) is 0 Å². The Balaban J connectivity index is 1.73. The maximum Gasteiger partial charge on any atom is 0.243 e. The van der Waals surface area contributed by atoms with Gasteiger partial charge in [-0.1, -0.05) is 119 Å². The van der Waals surface area contributed by atoms with Crippen LogP contribution >= 0.6 is 15.9 Å². The molecule has 0 spiro atoms. The average molecular weight is 584 g/mol. The van der Waals surface area contributed by atoms with E-state index in [0.717, 1.165) is 26.7 Å². The number of hydrogen-bond acceptors (Lipinski definition) is 2. The maximum absolute atomic E-state index is 14.3. The van der Waals surface area contributed by atoms with Crippen LogP contribution in [0.1, 0.15) is 48.4 Å². The fourth-order valence-corrected chi connectivity index (χ4v) is 5.08. The number of nitrogens with one attached hydrogen (secondary N) is 1. The lowest BCUT2D eigenvalue weighted by atomic mass is 9.87. The van der Waals surface area contributed by atoms with Crippen molar-refractivity contribution >= 4 is 27.7 Å². The molecule has 200 valence electrons. The number of hydrogen-bond donors (Lipinski definition) is 1. The van der Waals surface area contributed by atoms with Gasteiger partial charge in [-0.15, -0.1) is 0 Å². The predicted octanol–water partition coefficient (Wildman–Crippen LogP) is 7.14. The highest BCUT2D eigenvalue weighted by Crippen LogP contribution is 2.30. The van der Waals surface area contributed by atoms with E-state index in [-0.39, 0.29) is 30.2 Å². The lowest BCUT2D eigenvalue weighted by Gasteiger charge is -2.33. The first-order valence-electron chi connectivity index (χ1n) is 13.4. The number of halogens is 1. The molecule has 0 saturated carbocycles. The minimum atomic E-state index is -0.654. The van der Waals surface area contributed by atoms with Crippen LogP contribution in [0.5, 0.6) is 0 Å². The maximum atomic E-state index is 14.3. The molecule has 1 N–H and O–H groups in total. The standard InChI is InChI=1S/C34H35BrN2O2/c1-25(2)36-34(39)32(22-26-12-6-3-7-13-26)37(24-27-18-20-30(35)21-19-27)33(38)23-31(28-14-8-4-9-15-28)29-16-10-5-11-17-29/h3-21,25,31-32H,22-24H2,1-2H3,(H,36,39)/t32-/m1/s1. The molecule has 0 aliphatic rings. The van der Waals surface area contributed by atoms with Crippen LogP contribution in [0, 0.1) is 0 Å². The number of benzene rings is 4. The van der Waals surface area contributed by atoms with Crippen molar-refractivity contribution in [2.75, 3.05) is 0 Å². The highest BCUT2D eigenvalue weighted by molar-refractivity contribution is 9.10. The summed E-state index contributed by atoms with van der Waals surface area (Å²) in [6.45, 7) is 4.23. The van der Waals surface area contributed by atoms with Gasteiger partial charge in [0.15, 0.2) is 0 Å². The summed E-state index contributed by atoms with van der Waals surface area (Å²) in [5.74, 6) is -0.330. The lowest BCUT2D eigenvalue weighted by molar-refractivity contribution is -0.141. The smallest absolute Gasteiger partial charge is 0.243 e. The summed E-state index contributed by atoms with van der Waals surface area (Å²) in [5.41, 5.74) is 4.13. The molecule has 4 rings (SSSR count). The van der Waals surface area contributed by atoms with Crippen LogP contribution in [0.2, 0.25) is 0 Å². The van der Waals surface area contributed by atoms with Crippen molar-refractivity contribution in [3.63, 3.8) is 0 Å². The average Bonchev–Trinajstić information content (AvgIpc) is 2.95. The minimum absolute atomic E-state index is 0.0400. The van der Waals surface area contributed by atoms with Gasteiger partial charge < -0.3 is 10.2 Å². The van der Waals surface area contributed by atoms with Gasteiger partial charge >= 0.3 is 0 Å². The zero-order valence-corrected chi connectivity index (χ0v) is 24.1. The van der Waals surface area contributed by atoms with E-state index >= 15 is 0 Å². The van der Waals surface area contributed by atoms with Gasteiger partial charge in [-0.2, -0.15) is 0 Å². The van der Waals surface area contributed by atoms with Gasteiger partial charge in [0, 0.05) is 35.8 Å². The summed E-state index contributed by atoms with van der Waals surface area (Å²) in [7, 11) is 0. The van der Waals surface area contributed by atoms with E-state index in [9.17, 15) is 9.59 Å². The van der Waals surface area contributed by atoms with E-state index in [2.05, 4.69) is 45.5 Å². The SMILES string of the molecule is CC(C)NC(=O)[C@@H](Cc1ccccc1)N(Cc1ccc(Br)cc1)C(=O)CC(c1ccccc1)c1ccccc1. The Morgan fingerprint density at radius 1 is 0.718 bits per heavy atom. The number of rotatable bonds is 11. The molecule has 5 heteroatoms. The van der Waals surface area contributed by atoms with Crippen molar-refractivity contribution in [3.05, 3.63) is 142 Å². The Bertz CT molecular complexity index is 1290. The summed E-state index contributed by atoms with van der Waals surface area (Å²) in [6, 6.07) is 37.4. The van der Waals surface area contributed by atoms with Gasteiger partial charge in [-0.05, 0) is 48.2 Å². The molecule has 1 atom stereocenters. The summed E-state index contributed by atoms with van der Waals surface area (Å²) in [6.07, 6.45) is 0.688. The number of nitrogens with zero attached hydrogens (tertiary/aromatic N) is 1. The summed E-state index contributed by atoms with van der Waals surface area (Å²) >= 11 is 3.50. The van der Waals surface area contributed by atoms with E-state index < -0.39 is 6.04 Å². The molecule has 0 unspecified atom stereocenters. The van der Waals surface area contributed by atoms with Crippen molar-refractivity contribution in [1.82, 2.24) is 10.2 Å². The molecule has 0 fully saturated rings. The molecule has 0 aliphatic heterocycles. The highest BCUT2D eigenvalue weighted by Gasteiger charge is 2.32. The van der Waals surface area contributed by atoms with Crippen LogP contribution in [-0.2, 0) is 22.6 Å². The van der Waals surface area contributed by atoms with Crippen LogP contribution in [0.15, 0.2) is 120 Å². The minimum Gasteiger partial charge on any atom is -0.352 e. The topological polar surface area (TPSA) is 49.4 Å². The zero-order chi connectivity index (χ0) is 27.6. The van der Waals surface area contributed by atoms with Crippen LogP contribution in [0.25, 0.3) is 0 Å². The highest BCUT2D eigenvalue weighted by atomic mass is 79.9. The van der Waals surface area contributed by atoms with E-state index in [1.165, 1.54) is 0 Å². The second-order valence-electron chi connectivity index (χ2n) is 10.1. The molecule has 4 aromatic carbocycles. The second kappa shape index (κ2) is 13.9. The molecular formula is C34H35BrN2O2. The van der Waals surface area contributed by atoms with Crippen molar-refractivity contribution in [2.45, 2.75) is 51.2 Å². The van der Waals surface area contributed by atoms with Gasteiger partial charge in [0.2, 0.25) is 11.8 Å². The Labute approximate surface area is 240 Å². The first-order valence-corrected chi connectivity index (χ1v) is 14.2. The van der Waals surface area contributed by atoms with Gasteiger partial charge in [0.1, 0.15) is 6.04 Å². The lowest BCUT2D eigenvalue weighted by Crippen LogP contribution is -2.52. The first kappa shape index (κ1) is 28.3.